The van der Waals surface area contributed by atoms with E-state index in [-0.39, 0.29) is 16.4 Å². The SMILES string of the molecule is Cc1ccc(NC(=O)c2cc(S(C)(=O)=O)n(-c3ccc(F)cc3)n2)cc1-c1ccc2c(c1)[nH]c(=O)n2C. The molecule has 1 amide bonds. The van der Waals surface area contributed by atoms with E-state index < -0.39 is 21.6 Å². The van der Waals surface area contributed by atoms with Crippen LogP contribution in [0, 0.1) is 12.7 Å². The minimum atomic E-state index is -3.75. The summed E-state index contributed by atoms with van der Waals surface area (Å²) in [6, 6.07) is 17.3. The van der Waals surface area contributed by atoms with Gasteiger partial charge >= 0.3 is 5.69 Å². The number of aromatic nitrogens is 4. The van der Waals surface area contributed by atoms with Crippen LogP contribution >= 0.6 is 0 Å². The Hall–Kier alpha value is -4.51. The van der Waals surface area contributed by atoms with Crippen molar-refractivity contribution in [3.63, 3.8) is 0 Å². The summed E-state index contributed by atoms with van der Waals surface area (Å²) in [6.07, 6.45) is 1.01. The Bertz CT molecular complexity index is 1850. The first-order valence-corrected chi connectivity index (χ1v) is 13.1. The van der Waals surface area contributed by atoms with Crippen molar-refractivity contribution in [2.75, 3.05) is 11.6 Å². The monoisotopic (exact) mass is 519 g/mol. The molecule has 0 saturated carbocycles. The number of carbonyl (C=O) groups is 1. The topological polar surface area (TPSA) is 119 Å². The molecule has 5 aromatic rings. The zero-order chi connectivity index (χ0) is 26.5. The van der Waals surface area contributed by atoms with Gasteiger partial charge in [-0.3, -0.25) is 9.36 Å². The summed E-state index contributed by atoms with van der Waals surface area (Å²) in [5.74, 6) is -1.09. The molecule has 5 rings (SSSR count). The van der Waals surface area contributed by atoms with E-state index in [0.717, 1.165) is 33.1 Å². The van der Waals surface area contributed by atoms with Crippen molar-refractivity contribution in [1.82, 2.24) is 19.3 Å². The zero-order valence-electron chi connectivity index (χ0n) is 20.1. The molecule has 0 aliphatic rings. The summed E-state index contributed by atoms with van der Waals surface area (Å²) in [5.41, 5.74) is 4.57. The maximum absolute atomic E-state index is 13.4. The zero-order valence-corrected chi connectivity index (χ0v) is 20.9. The second-order valence-electron chi connectivity index (χ2n) is 8.73. The summed E-state index contributed by atoms with van der Waals surface area (Å²) in [6.45, 7) is 1.93. The lowest BCUT2D eigenvalue weighted by atomic mass is 9.99. The van der Waals surface area contributed by atoms with E-state index in [9.17, 15) is 22.4 Å². The standard InChI is InChI=1S/C26H22FN5O4S/c1-15-4-8-18(13-20(15)16-5-11-23-21(12-16)29-26(34)31(23)2)28-25(33)22-14-24(37(3,35)36)32(30-22)19-9-6-17(27)7-10-19/h4-14H,1-3H3,(H,28,33)(H,29,34). The molecule has 0 saturated heterocycles. The van der Waals surface area contributed by atoms with Gasteiger partial charge in [0.15, 0.2) is 20.6 Å². The van der Waals surface area contributed by atoms with Gasteiger partial charge in [-0.2, -0.15) is 5.10 Å². The average molecular weight is 520 g/mol. The Labute approximate surface area is 211 Å². The molecule has 37 heavy (non-hydrogen) atoms. The second-order valence-corrected chi connectivity index (χ2v) is 10.7. The third kappa shape index (κ3) is 4.56. The Morgan fingerprint density at radius 2 is 1.76 bits per heavy atom. The number of aryl methyl sites for hydroxylation is 2. The number of nitrogens with one attached hydrogen (secondary N) is 2. The summed E-state index contributed by atoms with van der Waals surface area (Å²) in [4.78, 5) is 27.8. The molecule has 3 aromatic carbocycles. The number of aromatic amines is 1. The molecule has 0 fully saturated rings. The quantitative estimate of drug-likeness (QED) is 0.366. The Morgan fingerprint density at radius 3 is 2.46 bits per heavy atom. The molecule has 2 aromatic heterocycles. The number of amides is 1. The number of benzene rings is 3. The second kappa shape index (κ2) is 8.86. The molecule has 9 nitrogen and oxygen atoms in total. The van der Waals surface area contributed by atoms with Crippen LogP contribution in [0.2, 0.25) is 0 Å². The normalized spacial score (nSPS) is 11.7. The number of anilines is 1. The first kappa shape index (κ1) is 24.2. The van der Waals surface area contributed by atoms with Crippen molar-refractivity contribution in [2.24, 2.45) is 7.05 Å². The Balaban J connectivity index is 1.48. The van der Waals surface area contributed by atoms with Crippen LogP contribution in [0.25, 0.3) is 27.8 Å². The molecule has 2 N–H and O–H groups in total. The number of H-pyrrole nitrogens is 1. The highest BCUT2D eigenvalue weighted by atomic mass is 32.2. The number of halogens is 1. The summed E-state index contributed by atoms with van der Waals surface area (Å²) in [7, 11) is -2.06. The smallest absolute Gasteiger partial charge is 0.321 e. The van der Waals surface area contributed by atoms with Crippen LogP contribution in [0.15, 0.2) is 76.6 Å². The fraction of sp³-hybridized carbons (Fsp3) is 0.115. The predicted octanol–water partition coefficient (Wildman–Crippen LogP) is 3.82. The van der Waals surface area contributed by atoms with Crippen LogP contribution in [0.5, 0.6) is 0 Å². The fourth-order valence-corrected chi connectivity index (χ4v) is 4.90. The molecule has 2 heterocycles. The Morgan fingerprint density at radius 1 is 1.03 bits per heavy atom. The van der Waals surface area contributed by atoms with Gasteiger partial charge in [0.25, 0.3) is 5.91 Å². The lowest BCUT2D eigenvalue weighted by Crippen LogP contribution is -2.13. The van der Waals surface area contributed by atoms with E-state index in [1.807, 2.05) is 31.2 Å². The molecular weight excluding hydrogens is 497 g/mol. The van der Waals surface area contributed by atoms with Gasteiger partial charge in [-0.05, 0) is 72.1 Å². The molecule has 0 unspecified atom stereocenters. The van der Waals surface area contributed by atoms with Gasteiger partial charge in [-0.15, -0.1) is 0 Å². The number of rotatable bonds is 5. The van der Waals surface area contributed by atoms with E-state index in [0.29, 0.717) is 16.9 Å². The fourth-order valence-electron chi connectivity index (χ4n) is 4.12. The lowest BCUT2D eigenvalue weighted by molar-refractivity contribution is 0.102. The maximum Gasteiger partial charge on any atom is 0.326 e. The highest BCUT2D eigenvalue weighted by Gasteiger charge is 2.22. The van der Waals surface area contributed by atoms with Crippen molar-refractivity contribution >= 4 is 32.5 Å². The minimum absolute atomic E-state index is 0.116. The van der Waals surface area contributed by atoms with E-state index >= 15 is 0 Å². The first-order valence-electron chi connectivity index (χ1n) is 11.2. The molecule has 0 radical (unpaired) electrons. The van der Waals surface area contributed by atoms with Gasteiger partial charge in [-0.1, -0.05) is 12.1 Å². The van der Waals surface area contributed by atoms with Crippen molar-refractivity contribution < 1.29 is 17.6 Å². The van der Waals surface area contributed by atoms with Crippen LogP contribution in [0.3, 0.4) is 0 Å². The van der Waals surface area contributed by atoms with Crippen LogP contribution in [-0.4, -0.2) is 39.9 Å². The number of hydrogen-bond donors (Lipinski definition) is 2. The number of carbonyl (C=O) groups excluding carboxylic acids is 1. The molecule has 0 aliphatic heterocycles. The van der Waals surface area contributed by atoms with E-state index in [4.69, 9.17) is 0 Å². The third-order valence-corrected chi connectivity index (χ3v) is 7.12. The number of hydrogen-bond acceptors (Lipinski definition) is 5. The highest BCUT2D eigenvalue weighted by molar-refractivity contribution is 7.90. The number of nitrogens with zero attached hydrogens (tertiary/aromatic N) is 3. The number of imidazole rings is 1. The number of fused-ring (bicyclic) bond motifs is 1. The van der Waals surface area contributed by atoms with Gasteiger partial charge in [0.05, 0.1) is 16.7 Å². The van der Waals surface area contributed by atoms with Gasteiger partial charge in [-0.25, -0.2) is 22.3 Å². The van der Waals surface area contributed by atoms with Crippen molar-refractivity contribution in [1.29, 1.82) is 0 Å². The van der Waals surface area contributed by atoms with Gasteiger partial charge in [0.1, 0.15) is 5.82 Å². The van der Waals surface area contributed by atoms with Crippen LogP contribution in [0.4, 0.5) is 10.1 Å². The summed E-state index contributed by atoms with van der Waals surface area (Å²) < 4.78 is 40.7. The molecular formula is C26H22FN5O4S. The lowest BCUT2D eigenvalue weighted by Gasteiger charge is -2.10. The van der Waals surface area contributed by atoms with Crippen LogP contribution < -0.4 is 11.0 Å². The van der Waals surface area contributed by atoms with Crippen LogP contribution in [-0.2, 0) is 16.9 Å². The van der Waals surface area contributed by atoms with Gasteiger partial charge in [0, 0.05) is 25.1 Å². The Kier molecular flexibility index (Phi) is 5.79. The summed E-state index contributed by atoms with van der Waals surface area (Å²) in [5, 5.41) is 6.75. The molecule has 0 bridgehead atoms. The van der Waals surface area contributed by atoms with Crippen LogP contribution in [0.1, 0.15) is 16.1 Å². The third-order valence-electron chi connectivity index (χ3n) is 6.07. The van der Waals surface area contributed by atoms with Crippen molar-refractivity contribution in [3.8, 4) is 16.8 Å². The number of sulfone groups is 1. The summed E-state index contributed by atoms with van der Waals surface area (Å²) >= 11 is 0. The molecule has 0 atom stereocenters. The predicted molar refractivity (Wildman–Crippen MR) is 138 cm³/mol. The van der Waals surface area contributed by atoms with Crippen molar-refractivity contribution in [2.45, 2.75) is 11.9 Å². The molecule has 188 valence electrons. The van der Waals surface area contributed by atoms with E-state index in [1.165, 1.54) is 34.9 Å². The highest BCUT2D eigenvalue weighted by Crippen LogP contribution is 2.29. The van der Waals surface area contributed by atoms with Gasteiger partial charge < -0.3 is 10.3 Å². The molecule has 0 aliphatic carbocycles. The molecule has 11 heteroatoms. The maximum atomic E-state index is 13.4. The van der Waals surface area contributed by atoms with Crippen molar-refractivity contribution in [3.05, 3.63) is 94.3 Å². The average Bonchev–Trinajstić information content (AvgIpc) is 3.42. The van der Waals surface area contributed by atoms with Gasteiger partial charge in [0.2, 0.25) is 0 Å². The first-order chi connectivity index (χ1) is 17.5. The van der Waals surface area contributed by atoms with E-state index in [2.05, 4.69) is 15.4 Å². The van der Waals surface area contributed by atoms with E-state index in [1.54, 1.807) is 19.2 Å². The largest absolute Gasteiger partial charge is 0.326 e. The minimum Gasteiger partial charge on any atom is -0.321 e. The molecule has 0 spiro atoms.